The fourth-order valence-electron chi connectivity index (χ4n) is 3.66. The highest BCUT2D eigenvalue weighted by Gasteiger charge is 2.49. The fourth-order valence-corrected chi connectivity index (χ4v) is 3.66. The Bertz CT molecular complexity index is 1070. The minimum Gasteiger partial charge on any atom is -0.506 e. The highest BCUT2D eigenvalue weighted by atomic mass is 16.7. The van der Waals surface area contributed by atoms with Gasteiger partial charge in [-0.05, 0) is 17.9 Å². The van der Waals surface area contributed by atoms with E-state index in [1.54, 1.807) is 24.3 Å². The number of carbonyl (C=O) groups excluding carboxylic acids is 3. The van der Waals surface area contributed by atoms with Gasteiger partial charge in [-0.3, -0.25) is 19.4 Å². The van der Waals surface area contributed by atoms with Crippen LogP contribution in [0.3, 0.4) is 0 Å². The number of aliphatic hydroxyl groups excluding tert-OH is 1. The molecule has 1 aromatic carbocycles. The Morgan fingerprint density at radius 2 is 1.86 bits per heavy atom. The second-order valence-corrected chi connectivity index (χ2v) is 8.70. The molecule has 3 rings (SSSR count). The number of nitrogens with zero attached hydrogens (tertiary/aromatic N) is 2. The van der Waals surface area contributed by atoms with Crippen LogP contribution in [0.25, 0.3) is 0 Å². The lowest BCUT2D eigenvalue weighted by molar-refractivity contribution is -0.172. The average Bonchev–Trinajstić information content (AvgIpc) is 2.85. The zero-order valence-electron chi connectivity index (χ0n) is 19.7. The molecule has 2 heterocycles. The van der Waals surface area contributed by atoms with E-state index in [0.29, 0.717) is 0 Å². The summed E-state index contributed by atoms with van der Waals surface area (Å²) in [6.45, 7) is 3.70. The Morgan fingerprint density at radius 1 is 1.14 bits per heavy atom. The third-order valence-corrected chi connectivity index (χ3v) is 5.37. The number of aromatic nitrogens is 2. The molecular weight excluding hydrogens is 471 g/mol. The first-order chi connectivity index (χ1) is 17.2. The van der Waals surface area contributed by atoms with Crippen molar-refractivity contribution in [1.82, 2.24) is 20.6 Å². The van der Waals surface area contributed by atoms with Gasteiger partial charge in [-0.15, -0.1) is 0 Å². The average molecular weight is 498 g/mol. The number of benzene rings is 1. The predicted molar refractivity (Wildman–Crippen MR) is 125 cm³/mol. The maximum Gasteiger partial charge on any atom is 0.552 e. The SMILES string of the molecule is CC(C)CC(NC(=O)C(Cc1ccccc1)NC(=O)c1cnccn1)B1OC(=O)[C@@H](O)[C@H](C(=O)O)O1. The molecule has 2 unspecified atom stereocenters. The highest BCUT2D eigenvalue weighted by molar-refractivity contribution is 6.50. The van der Waals surface area contributed by atoms with Crippen LogP contribution in [0.15, 0.2) is 48.9 Å². The monoisotopic (exact) mass is 498 g/mol. The van der Waals surface area contributed by atoms with E-state index < -0.39 is 55.1 Å². The molecule has 0 bridgehead atoms. The summed E-state index contributed by atoms with van der Waals surface area (Å²) in [6.07, 6.45) is 0.569. The number of amides is 2. The predicted octanol–water partition coefficient (Wildman–Crippen LogP) is -0.236. The summed E-state index contributed by atoms with van der Waals surface area (Å²) < 4.78 is 10.4. The van der Waals surface area contributed by atoms with Crippen LogP contribution in [0.5, 0.6) is 0 Å². The molecule has 1 aliphatic heterocycles. The maximum absolute atomic E-state index is 13.4. The van der Waals surface area contributed by atoms with Crippen LogP contribution < -0.4 is 10.6 Å². The number of hydrogen-bond donors (Lipinski definition) is 4. The number of aliphatic hydroxyl groups is 1. The molecule has 1 saturated heterocycles. The van der Waals surface area contributed by atoms with Crippen molar-refractivity contribution in [2.45, 2.75) is 50.9 Å². The summed E-state index contributed by atoms with van der Waals surface area (Å²) in [4.78, 5) is 57.5. The van der Waals surface area contributed by atoms with Gasteiger partial charge in [-0.25, -0.2) is 9.78 Å². The molecule has 2 aromatic rings. The maximum atomic E-state index is 13.4. The normalized spacial score (nSPS) is 19.2. The van der Waals surface area contributed by atoms with Gasteiger partial charge in [-0.1, -0.05) is 44.2 Å². The van der Waals surface area contributed by atoms with Gasteiger partial charge in [0, 0.05) is 18.8 Å². The Morgan fingerprint density at radius 3 is 2.47 bits per heavy atom. The van der Waals surface area contributed by atoms with Crippen molar-refractivity contribution >= 4 is 30.9 Å². The van der Waals surface area contributed by atoms with E-state index in [2.05, 4.69) is 20.6 Å². The molecule has 13 heteroatoms. The summed E-state index contributed by atoms with van der Waals surface area (Å²) in [5.74, 6) is -4.92. The minimum absolute atomic E-state index is 0.0184. The molecule has 0 radical (unpaired) electrons. The number of carboxylic acids is 1. The Labute approximate surface area is 207 Å². The first kappa shape index (κ1) is 26.8. The van der Waals surface area contributed by atoms with E-state index in [1.807, 2.05) is 19.9 Å². The van der Waals surface area contributed by atoms with Crippen LogP contribution in [-0.4, -0.2) is 75.2 Å². The standard InChI is InChI=1S/C23H27BN4O8/c1-13(2)10-17(24-35-19(22(32)33)18(29)23(34)36-24)28-20(30)15(11-14-6-4-3-5-7-14)27-21(31)16-12-25-8-9-26-16/h3-9,12-13,15,17-19,29H,10-11H2,1-2H3,(H,27,31)(H,28,30)(H,32,33)/t15?,17?,18-,19+/m0/s1. The van der Waals surface area contributed by atoms with Crippen molar-refractivity contribution in [2.24, 2.45) is 5.92 Å². The van der Waals surface area contributed by atoms with E-state index in [1.165, 1.54) is 18.6 Å². The van der Waals surface area contributed by atoms with E-state index in [4.69, 9.17) is 9.31 Å². The van der Waals surface area contributed by atoms with Crippen LogP contribution in [0.2, 0.25) is 0 Å². The minimum atomic E-state index is -1.99. The number of carbonyl (C=O) groups is 4. The Balaban J connectivity index is 1.82. The van der Waals surface area contributed by atoms with Gasteiger partial charge < -0.3 is 30.2 Å². The fraction of sp³-hybridized carbons (Fsp3) is 0.391. The largest absolute Gasteiger partial charge is 0.552 e. The molecule has 0 aliphatic carbocycles. The molecule has 0 saturated carbocycles. The highest BCUT2D eigenvalue weighted by Crippen LogP contribution is 2.19. The van der Waals surface area contributed by atoms with Gasteiger partial charge in [0.2, 0.25) is 5.91 Å². The zero-order valence-corrected chi connectivity index (χ0v) is 19.7. The van der Waals surface area contributed by atoms with Gasteiger partial charge in [-0.2, -0.15) is 0 Å². The van der Waals surface area contributed by atoms with Gasteiger partial charge >= 0.3 is 19.1 Å². The van der Waals surface area contributed by atoms with Crippen LogP contribution in [0.4, 0.5) is 0 Å². The van der Waals surface area contributed by atoms with Crippen molar-refractivity contribution in [3.8, 4) is 0 Å². The lowest BCUT2D eigenvalue weighted by atomic mass is 9.72. The molecule has 12 nitrogen and oxygen atoms in total. The van der Waals surface area contributed by atoms with E-state index in [9.17, 15) is 29.4 Å². The number of hydrogen-bond acceptors (Lipinski definition) is 9. The topological polar surface area (TPSA) is 177 Å². The van der Waals surface area contributed by atoms with E-state index >= 15 is 0 Å². The molecule has 1 aromatic heterocycles. The van der Waals surface area contributed by atoms with Crippen molar-refractivity contribution in [3.63, 3.8) is 0 Å². The Hall–Kier alpha value is -3.84. The van der Waals surface area contributed by atoms with E-state index in [-0.39, 0.29) is 24.5 Å². The van der Waals surface area contributed by atoms with Crippen LogP contribution >= 0.6 is 0 Å². The second-order valence-electron chi connectivity index (χ2n) is 8.70. The molecule has 190 valence electrons. The quantitative estimate of drug-likeness (QED) is 0.320. The first-order valence-electron chi connectivity index (χ1n) is 11.3. The number of rotatable bonds is 10. The van der Waals surface area contributed by atoms with Crippen LogP contribution in [0.1, 0.15) is 36.3 Å². The lowest BCUT2D eigenvalue weighted by Crippen LogP contribution is -2.62. The van der Waals surface area contributed by atoms with E-state index in [0.717, 1.165) is 5.56 Å². The third kappa shape index (κ3) is 7.09. The molecule has 2 amide bonds. The van der Waals surface area contributed by atoms with Gasteiger partial charge in [0.05, 0.1) is 12.1 Å². The number of aliphatic carboxylic acids is 1. The van der Waals surface area contributed by atoms with Gasteiger partial charge in [0.15, 0.2) is 12.2 Å². The summed E-state index contributed by atoms with van der Waals surface area (Å²) in [6, 6.07) is 7.94. The number of carboxylic acid groups (broad SMARTS) is 1. The Kier molecular flexibility index (Phi) is 9.09. The molecule has 4 atom stereocenters. The molecule has 1 aliphatic rings. The first-order valence-corrected chi connectivity index (χ1v) is 11.3. The van der Waals surface area contributed by atoms with Crippen molar-refractivity contribution < 1.29 is 38.7 Å². The van der Waals surface area contributed by atoms with Crippen LogP contribution in [0, 0.1) is 5.92 Å². The van der Waals surface area contributed by atoms with Crippen molar-refractivity contribution in [2.75, 3.05) is 0 Å². The van der Waals surface area contributed by atoms with Crippen LogP contribution in [-0.2, 0) is 30.1 Å². The molecule has 36 heavy (non-hydrogen) atoms. The summed E-state index contributed by atoms with van der Waals surface area (Å²) in [7, 11) is -1.46. The smallest absolute Gasteiger partial charge is 0.506 e. The summed E-state index contributed by atoms with van der Waals surface area (Å²) >= 11 is 0. The molecule has 4 N–H and O–H groups in total. The zero-order chi connectivity index (χ0) is 26.2. The lowest BCUT2D eigenvalue weighted by Gasteiger charge is -2.33. The second kappa shape index (κ2) is 12.2. The summed E-state index contributed by atoms with van der Waals surface area (Å²) in [5, 5.41) is 24.5. The molecular formula is C23H27BN4O8. The third-order valence-electron chi connectivity index (χ3n) is 5.37. The van der Waals surface area contributed by atoms with Crippen molar-refractivity contribution in [1.29, 1.82) is 0 Å². The van der Waals surface area contributed by atoms with Gasteiger partial charge in [0.1, 0.15) is 11.7 Å². The van der Waals surface area contributed by atoms with Gasteiger partial charge in [0.25, 0.3) is 5.91 Å². The van der Waals surface area contributed by atoms with Crippen molar-refractivity contribution in [3.05, 3.63) is 60.2 Å². The molecule has 1 fully saturated rings. The number of nitrogens with one attached hydrogen (secondary N) is 2. The summed E-state index contributed by atoms with van der Waals surface area (Å²) in [5.41, 5.74) is 0.789. The molecule has 0 spiro atoms.